The fourth-order valence-electron chi connectivity index (χ4n) is 1.28. The molecule has 9 heavy (non-hydrogen) atoms. The van der Waals surface area contributed by atoms with Crippen molar-refractivity contribution in [2.24, 2.45) is 0 Å². The lowest BCUT2D eigenvalue weighted by molar-refractivity contribution is 0.671. The van der Waals surface area contributed by atoms with Gasteiger partial charge in [-0.25, -0.2) is 0 Å². The zero-order valence-corrected chi connectivity index (χ0v) is 6.11. The number of rotatable bonds is 2. The fourth-order valence-corrected chi connectivity index (χ4v) is 1.28. The molecule has 1 atom stereocenters. The van der Waals surface area contributed by atoms with Crippen molar-refractivity contribution in [1.29, 1.82) is 0 Å². The highest BCUT2D eigenvalue weighted by Gasteiger charge is 2.14. The van der Waals surface area contributed by atoms with E-state index in [1.807, 2.05) is 0 Å². The van der Waals surface area contributed by atoms with Crippen molar-refractivity contribution in [3.05, 3.63) is 12.2 Å². The quantitative estimate of drug-likeness (QED) is 0.554. The molecule has 1 heteroatoms. The van der Waals surface area contributed by atoms with Gasteiger partial charge in [-0.1, -0.05) is 19.1 Å². The van der Waals surface area contributed by atoms with Gasteiger partial charge in [-0.2, -0.15) is 0 Å². The molecule has 1 rings (SSSR count). The Labute approximate surface area is 57.1 Å². The number of hydrogen-bond acceptors (Lipinski definition) is 1. The summed E-state index contributed by atoms with van der Waals surface area (Å²) in [7, 11) is 0. The van der Waals surface area contributed by atoms with E-state index < -0.39 is 0 Å². The molecule has 1 nitrogen and oxygen atoms in total. The highest BCUT2D eigenvalue weighted by molar-refractivity contribution is 5.06. The molecule has 0 unspecified atom stereocenters. The summed E-state index contributed by atoms with van der Waals surface area (Å²) in [6.07, 6.45) is 3.74. The van der Waals surface area contributed by atoms with Gasteiger partial charge in [0.25, 0.3) is 0 Å². The van der Waals surface area contributed by atoms with Gasteiger partial charge in [0.2, 0.25) is 0 Å². The Morgan fingerprint density at radius 1 is 1.78 bits per heavy atom. The van der Waals surface area contributed by atoms with Crippen molar-refractivity contribution < 1.29 is 0 Å². The molecule has 0 aromatic heterocycles. The van der Waals surface area contributed by atoms with E-state index in [-0.39, 0.29) is 0 Å². The standard InChI is InChI=1S/C8H15N/c1-3-7(2)8-5-4-6-9-8/h8-9H,2-6H2,1H3/t8-/m0/s1. The van der Waals surface area contributed by atoms with Crippen molar-refractivity contribution in [2.45, 2.75) is 32.2 Å². The van der Waals surface area contributed by atoms with Crippen LogP contribution in [-0.2, 0) is 0 Å². The van der Waals surface area contributed by atoms with Crippen LogP contribution < -0.4 is 5.32 Å². The Bertz CT molecular complexity index is 101. The summed E-state index contributed by atoms with van der Waals surface area (Å²) in [6.45, 7) is 7.35. The van der Waals surface area contributed by atoms with E-state index in [9.17, 15) is 0 Å². The molecule has 0 aromatic carbocycles. The molecule has 1 N–H and O–H groups in total. The molecule has 0 aliphatic carbocycles. The van der Waals surface area contributed by atoms with Gasteiger partial charge in [0.05, 0.1) is 0 Å². The Balaban J connectivity index is 2.32. The van der Waals surface area contributed by atoms with Crippen LogP contribution in [0, 0.1) is 0 Å². The van der Waals surface area contributed by atoms with Crippen molar-refractivity contribution in [3.8, 4) is 0 Å². The lowest BCUT2D eigenvalue weighted by Crippen LogP contribution is -2.22. The molecule has 1 aliphatic heterocycles. The molecule has 0 saturated carbocycles. The van der Waals surface area contributed by atoms with Gasteiger partial charge in [0, 0.05) is 6.04 Å². The zero-order chi connectivity index (χ0) is 6.69. The van der Waals surface area contributed by atoms with Crippen molar-refractivity contribution in [2.75, 3.05) is 6.54 Å². The molecular formula is C8H15N. The normalized spacial score (nSPS) is 26.6. The summed E-state index contributed by atoms with van der Waals surface area (Å²) < 4.78 is 0. The highest BCUT2D eigenvalue weighted by Crippen LogP contribution is 2.14. The first-order valence-electron chi connectivity index (χ1n) is 3.75. The van der Waals surface area contributed by atoms with E-state index in [2.05, 4.69) is 18.8 Å². The predicted molar refractivity (Wildman–Crippen MR) is 40.5 cm³/mol. The van der Waals surface area contributed by atoms with Crippen LogP contribution in [0.3, 0.4) is 0 Å². The van der Waals surface area contributed by atoms with E-state index in [0.29, 0.717) is 6.04 Å². The molecule has 0 spiro atoms. The molecule has 1 heterocycles. The summed E-state index contributed by atoms with van der Waals surface area (Å²) in [5.74, 6) is 0. The predicted octanol–water partition coefficient (Wildman–Crippen LogP) is 1.70. The van der Waals surface area contributed by atoms with Crippen LogP contribution in [-0.4, -0.2) is 12.6 Å². The maximum absolute atomic E-state index is 3.99. The molecule has 0 radical (unpaired) electrons. The molecule has 0 amide bonds. The molecule has 52 valence electrons. The highest BCUT2D eigenvalue weighted by atomic mass is 14.9. The third-order valence-electron chi connectivity index (χ3n) is 2.01. The van der Waals surface area contributed by atoms with Gasteiger partial charge < -0.3 is 5.32 Å². The lowest BCUT2D eigenvalue weighted by Gasteiger charge is -2.10. The first-order chi connectivity index (χ1) is 4.34. The van der Waals surface area contributed by atoms with E-state index in [0.717, 1.165) is 6.42 Å². The average Bonchev–Trinajstić information content (AvgIpc) is 2.37. The molecule has 0 bridgehead atoms. The summed E-state index contributed by atoms with van der Waals surface area (Å²) in [4.78, 5) is 0. The van der Waals surface area contributed by atoms with E-state index in [1.54, 1.807) is 0 Å². The summed E-state index contributed by atoms with van der Waals surface area (Å²) in [5.41, 5.74) is 1.37. The van der Waals surface area contributed by atoms with Crippen LogP contribution in [0.4, 0.5) is 0 Å². The Morgan fingerprint density at radius 3 is 3.00 bits per heavy atom. The second-order valence-electron chi connectivity index (χ2n) is 2.66. The number of hydrogen-bond donors (Lipinski definition) is 1. The molecular weight excluding hydrogens is 110 g/mol. The minimum atomic E-state index is 0.634. The minimum Gasteiger partial charge on any atom is -0.310 e. The molecule has 1 aliphatic rings. The molecule has 1 fully saturated rings. The fraction of sp³-hybridized carbons (Fsp3) is 0.750. The van der Waals surface area contributed by atoms with Crippen LogP contribution in [0.2, 0.25) is 0 Å². The van der Waals surface area contributed by atoms with Crippen LogP contribution in [0.25, 0.3) is 0 Å². The summed E-state index contributed by atoms with van der Waals surface area (Å²) >= 11 is 0. The monoisotopic (exact) mass is 125 g/mol. The number of nitrogens with one attached hydrogen (secondary N) is 1. The Kier molecular flexibility index (Phi) is 2.29. The van der Waals surface area contributed by atoms with Crippen molar-refractivity contribution >= 4 is 0 Å². The van der Waals surface area contributed by atoms with E-state index in [4.69, 9.17) is 0 Å². The van der Waals surface area contributed by atoms with Gasteiger partial charge in [-0.3, -0.25) is 0 Å². The summed E-state index contributed by atoms with van der Waals surface area (Å²) in [6, 6.07) is 0.634. The largest absolute Gasteiger partial charge is 0.310 e. The first-order valence-corrected chi connectivity index (χ1v) is 3.75. The maximum atomic E-state index is 3.99. The van der Waals surface area contributed by atoms with Gasteiger partial charge in [-0.05, 0) is 25.8 Å². The van der Waals surface area contributed by atoms with Gasteiger partial charge in [0.1, 0.15) is 0 Å². The van der Waals surface area contributed by atoms with Crippen LogP contribution in [0.5, 0.6) is 0 Å². The van der Waals surface area contributed by atoms with E-state index in [1.165, 1.54) is 25.0 Å². The van der Waals surface area contributed by atoms with Crippen LogP contribution >= 0.6 is 0 Å². The van der Waals surface area contributed by atoms with Gasteiger partial charge >= 0.3 is 0 Å². The second kappa shape index (κ2) is 3.02. The first kappa shape index (κ1) is 6.81. The smallest absolute Gasteiger partial charge is 0.0277 e. The van der Waals surface area contributed by atoms with Crippen LogP contribution in [0.15, 0.2) is 12.2 Å². The lowest BCUT2D eigenvalue weighted by atomic mass is 10.1. The third-order valence-corrected chi connectivity index (χ3v) is 2.01. The average molecular weight is 125 g/mol. The molecule has 0 aromatic rings. The molecule has 1 saturated heterocycles. The maximum Gasteiger partial charge on any atom is 0.0277 e. The Hall–Kier alpha value is -0.300. The van der Waals surface area contributed by atoms with Gasteiger partial charge in [0.15, 0.2) is 0 Å². The third kappa shape index (κ3) is 1.55. The van der Waals surface area contributed by atoms with Crippen molar-refractivity contribution in [1.82, 2.24) is 5.32 Å². The Morgan fingerprint density at radius 2 is 2.56 bits per heavy atom. The second-order valence-corrected chi connectivity index (χ2v) is 2.66. The minimum absolute atomic E-state index is 0.634. The topological polar surface area (TPSA) is 12.0 Å². The summed E-state index contributed by atoms with van der Waals surface area (Å²) in [5, 5.41) is 3.41. The zero-order valence-electron chi connectivity index (χ0n) is 6.11. The van der Waals surface area contributed by atoms with Gasteiger partial charge in [-0.15, -0.1) is 0 Å². The van der Waals surface area contributed by atoms with E-state index >= 15 is 0 Å². The SMILES string of the molecule is C=C(CC)[C@@H]1CCCN1. The van der Waals surface area contributed by atoms with Crippen LogP contribution in [0.1, 0.15) is 26.2 Å². The van der Waals surface area contributed by atoms with Crippen molar-refractivity contribution in [3.63, 3.8) is 0 Å².